The molecule has 1 N–H and O–H groups in total. The molecule has 0 atom stereocenters. The predicted octanol–water partition coefficient (Wildman–Crippen LogP) is 3.77. The van der Waals surface area contributed by atoms with E-state index in [9.17, 15) is 18.0 Å². The molecule has 2 aromatic carbocycles. The molecule has 0 spiro atoms. The Labute approximate surface area is 120 Å². The zero-order valence-corrected chi connectivity index (χ0v) is 11.6. The molecule has 1 amide bonds. The minimum Gasteiger partial charge on any atom is -0.343 e. The minimum atomic E-state index is -1.11. The van der Waals surface area contributed by atoms with Crippen LogP contribution >= 0.6 is 0 Å². The van der Waals surface area contributed by atoms with Gasteiger partial charge in [-0.1, -0.05) is 18.2 Å². The maximum atomic E-state index is 13.8. The fourth-order valence-electron chi connectivity index (χ4n) is 2.03. The van der Waals surface area contributed by atoms with Crippen LogP contribution in [0.2, 0.25) is 0 Å². The van der Waals surface area contributed by atoms with Gasteiger partial charge in [0.25, 0.3) is 5.91 Å². The summed E-state index contributed by atoms with van der Waals surface area (Å²) in [5, 5.41) is 2.61. The van der Waals surface area contributed by atoms with Gasteiger partial charge in [-0.25, -0.2) is 13.2 Å². The standard InChI is InChI=1S/C16H14F3NO/c1-16(2,11-5-3-4-6-12(11)17)20-15(21)10-7-8-13(18)14(19)9-10/h3-9H,1-2H3,(H,20,21). The lowest BCUT2D eigenvalue weighted by atomic mass is 9.93. The summed E-state index contributed by atoms with van der Waals surface area (Å²) < 4.78 is 39.8. The van der Waals surface area contributed by atoms with Crippen molar-refractivity contribution in [2.45, 2.75) is 19.4 Å². The molecule has 0 saturated heterocycles. The van der Waals surface area contributed by atoms with E-state index in [4.69, 9.17) is 0 Å². The molecule has 0 aromatic heterocycles. The van der Waals surface area contributed by atoms with Gasteiger partial charge in [0.05, 0.1) is 5.54 Å². The van der Waals surface area contributed by atoms with Crippen LogP contribution in [0.15, 0.2) is 42.5 Å². The zero-order valence-electron chi connectivity index (χ0n) is 11.6. The van der Waals surface area contributed by atoms with Gasteiger partial charge in [0.2, 0.25) is 0 Å². The molecule has 0 heterocycles. The number of carbonyl (C=O) groups is 1. The van der Waals surface area contributed by atoms with Crippen molar-refractivity contribution < 1.29 is 18.0 Å². The number of amides is 1. The quantitative estimate of drug-likeness (QED) is 0.917. The molecule has 110 valence electrons. The first-order chi connectivity index (χ1) is 9.81. The van der Waals surface area contributed by atoms with E-state index in [0.717, 1.165) is 12.1 Å². The summed E-state index contributed by atoms with van der Waals surface area (Å²) in [6.07, 6.45) is 0. The van der Waals surface area contributed by atoms with E-state index >= 15 is 0 Å². The number of nitrogens with one attached hydrogen (secondary N) is 1. The summed E-state index contributed by atoms with van der Waals surface area (Å²) >= 11 is 0. The first kappa shape index (κ1) is 15.1. The van der Waals surface area contributed by atoms with Gasteiger partial charge in [-0.3, -0.25) is 4.79 Å². The third-order valence-corrected chi connectivity index (χ3v) is 3.16. The fraction of sp³-hybridized carbons (Fsp3) is 0.188. The van der Waals surface area contributed by atoms with Crippen molar-refractivity contribution >= 4 is 5.91 Å². The minimum absolute atomic E-state index is 0.0293. The lowest BCUT2D eigenvalue weighted by Crippen LogP contribution is -2.41. The molecule has 5 heteroatoms. The SMILES string of the molecule is CC(C)(NC(=O)c1ccc(F)c(F)c1)c1ccccc1F. The van der Waals surface area contributed by atoms with Crippen molar-refractivity contribution in [3.63, 3.8) is 0 Å². The average Bonchev–Trinajstić information content (AvgIpc) is 2.41. The van der Waals surface area contributed by atoms with Crippen LogP contribution in [0.25, 0.3) is 0 Å². The van der Waals surface area contributed by atoms with Gasteiger partial charge < -0.3 is 5.32 Å². The van der Waals surface area contributed by atoms with Gasteiger partial charge in [0.15, 0.2) is 11.6 Å². The van der Waals surface area contributed by atoms with E-state index < -0.39 is 28.9 Å². The van der Waals surface area contributed by atoms with Crippen LogP contribution in [-0.2, 0) is 5.54 Å². The Balaban J connectivity index is 2.25. The molecule has 0 unspecified atom stereocenters. The van der Waals surface area contributed by atoms with Gasteiger partial charge in [0.1, 0.15) is 5.82 Å². The Bertz CT molecular complexity index is 683. The van der Waals surface area contributed by atoms with Crippen LogP contribution in [0, 0.1) is 17.5 Å². The second-order valence-corrected chi connectivity index (χ2v) is 5.19. The van der Waals surface area contributed by atoms with Crippen LogP contribution in [-0.4, -0.2) is 5.91 Å². The van der Waals surface area contributed by atoms with Gasteiger partial charge in [-0.2, -0.15) is 0 Å². The molecule has 0 aliphatic rings. The summed E-state index contributed by atoms with van der Waals surface area (Å²) in [7, 11) is 0. The number of hydrogen-bond donors (Lipinski definition) is 1. The molecule has 2 aromatic rings. The highest BCUT2D eigenvalue weighted by molar-refractivity contribution is 5.94. The topological polar surface area (TPSA) is 29.1 Å². The molecule has 0 bridgehead atoms. The molecule has 2 rings (SSSR count). The fourth-order valence-corrected chi connectivity index (χ4v) is 2.03. The van der Waals surface area contributed by atoms with Crippen molar-refractivity contribution in [2.75, 3.05) is 0 Å². The molecule has 0 fully saturated rings. The summed E-state index contributed by atoms with van der Waals surface area (Å²) in [6.45, 7) is 3.26. The highest BCUT2D eigenvalue weighted by Gasteiger charge is 2.26. The van der Waals surface area contributed by atoms with Crippen LogP contribution in [0.4, 0.5) is 13.2 Å². The summed E-state index contributed by atoms with van der Waals surface area (Å²) in [6, 6.07) is 8.91. The van der Waals surface area contributed by atoms with Crippen molar-refractivity contribution in [3.05, 3.63) is 71.0 Å². The Morgan fingerprint density at radius 2 is 1.62 bits per heavy atom. The zero-order chi connectivity index (χ0) is 15.6. The highest BCUT2D eigenvalue weighted by Crippen LogP contribution is 2.23. The van der Waals surface area contributed by atoms with Gasteiger partial charge >= 0.3 is 0 Å². The van der Waals surface area contributed by atoms with Crippen molar-refractivity contribution in [1.82, 2.24) is 5.32 Å². The highest BCUT2D eigenvalue weighted by atomic mass is 19.2. The first-order valence-electron chi connectivity index (χ1n) is 6.34. The van der Waals surface area contributed by atoms with Gasteiger partial charge in [-0.05, 0) is 38.1 Å². The number of hydrogen-bond acceptors (Lipinski definition) is 1. The lowest BCUT2D eigenvalue weighted by Gasteiger charge is -2.27. The predicted molar refractivity (Wildman–Crippen MR) is 73.3 cm³/mol. The van der Waals surface area contributed by atoms with E-state index in [1.165, 1.54) is 12.1 Å². The smallest absolute Gasteiger partial charge is 0.252 e. The van der Waals surface area contributed by atoms with Crippen LogP contribution in [0.5, 0.6) is 0 Å². The van der Waals surface area contributed by atoms with Crippen LogP contribution in [0.3, 0.4) is 0 Å². The largest absolute Gasteiger partial charge is 0.343 e. The van der Waals surface area contributed by atoms with Gasteiger partial charge in [0, 0.05) is 11.1 Å². The number of rotatable bonds is 3. The van der Waals surface area contributed by atoms with Crippen molar-refractivity contribution in [2.24, 2.45) is 0 Å². The average molecular weight is 293 g/mol. The molecule has 0 aliphatic carbocycles. The molecule has 2 nitrogen and oxygen atoms in total. The van der Waals surface area contributed by atoms with E-state index in [-0.39, 0.29) is 5.56 Å². The summed E-state index contributed by atoms with van der Waals surface area (Å²) in [5.41, 5.74) is -0.716. The first-order valence-corrected chi connectivity index (χ1v) is 6.34. The maximum Gasteiger partial charge on any atom is 0.252 e. The summed E-state index contributed by atoms with van der Waals surface area (Å²) in [4.78, 5) is 12.1. The Kier molecular flexibility index (Phi) is 4.02. The Morgan fingerprint density at radius 3 is 2.24 bits per heavy atom. The number of carbonyl (C=O) groups excluding carboxylic acids is 1. The molecule has 21 heavy (non-hydrogen) atoms. The van der Waals surface area contributed by atoms with Crippen LogP contribution < -0.4 is 5.32 Å². The molecule has 0 saturated carbocycles. The van der Waals surface area contributed by atoms with Crippen molar-refractivity contribution in [1.29, 1.82) is 0 Å². The molecule has 0 aliphatic heterocycles. The van der Waals surface area contributed by atoms with E-state index in [0.29, 0.717) is 5.56 Å². The number of halogens is 3. The Morgan fingerprint density at radius 1 is 0.952 bits per heavy atom. The second-order valence-electron chi connectivity index (χ2n) is 5.19. The van der Waals surface area contributed by atoms with Crippen molar-refractivity contribution in [3.8, 4) is 0 Å². The lowest BCUT2D eigenvalue weighted by molar-refractivity contribution is 0.0910. The molecule has 0 radical (unpaired) electrons. The number of benzene rings is 2. The third kappa shape index (κ3) is 3.24. The molecular formula is C16H14F3NO. The maximum absolute atomic E-state index is 13.8. The Hall–Kier alpha value is -2.30. The monoisotopic (exact) mass is 293 g/mol. The van der Waals surface area contributed by atoms with E-state index in [1.807, 2.05) is 0 Å². The second kappa shape index (κ2) is 5.60. The van der Waals surface area contributed by atoms with E-state index in [2.05, 4.69) is 5.32 Å². The van der Waals surface area contributed by atoms with Crippen LogP contribution in [0.1, 0.15) is 29.8 Å². The summed E-state index contributed by atoms with van der Waals surface area (Å²) in [5.74, 6) is -3.19. The van der Waals surface area contributed by atoms with Gasteiger partial charge in [-0.15, -0.1) is 0 Å². The normalized spacial score (nSPS) is 11.3. The molecular weight excluding hydrogens is 279 g/mol. The third-order valence-electron chi connectivity index (χ3n) is 3.16. The van der Waals surface area contributed by atoms with E-state index in [1.54, 1.807) is 32.0 Å².